The number of hydrogen-bond donors (Lipinski definition) is 1. The molecule has 0 radical (unpaired) electrons. The number of likely N-dealkylation sites (tertiary alicyclic amines) is 1. The zero-order valence-electron chi connectivity index (χ0n) is 18.5. The summed E-state index contributed by atoms with van der Waals surface area (Å²) in [5, 5.41) is 0.805. The number of hydrogen-bond acceptors (Lipinski definition) is 6. The van der Waals surface area contributed by atoms with Crippen LogP contribution in [0.15, 0.2) is 59.5 Å². The van der Waals surface area contributed by atoms with Gasteiger partial charge in [0.25, 0.3) is 0 Å². The molecule has 33 heavy (non-hydrogen) atoms. The average Bonchev–Trinajstić information content (AvgIpc) is 3.16. The summed E-state index contributed by atoms with van der Waals surface area (Å²) in [6, 6.07) is 14.9. The van der Waals surface area contributed by atoms with Gasteiger partial charge in [-0.15, -0.1) is 0 Å². The number of aromatic nitrogens is 4. The lowest BCUT2D eigenvalue weighted by Gasteiger charge is -2.26. The molecule has 1 fully saturated rings. The molecule has 0 amide bonds. The Kier molecular flexibility index (Phi) is 6.55. The van der Waals surface area contributed by atoms with Crippen LogP contribution in [0.2, 0.25) is 0 Å². The number of anilines is 1. The molecule has 3 aromatic heterocycles. The molecule has 0 atom stereocenters. The highest BCUT2D eigenvalue weighted by atomic mass is 79.9. The van der Waals surface area contributed by atoms with Crippen molar-refractivity contribution >= 4 is 32.8 Å². The van der Waals surface area contributed by atoms with Gasteiger partial charge in [-0.2, -0.15) is 9.97 Å². The first-order valence-corrected chi connectivity index (χ1v) is 12.1. The smallest absolute Gasteiger partial charge is 0.320 e. The van der Waals surface area contributed by atoms with Gasteiger partial charge in [0, 0.05) is 18.9 Å². The van der Waals surface area contributed by atoms with E-state index >= 15 is 0 Å². The van der Waals surface area contributed by atoms with Gasteiger partial charge in [-0.05, 0) is 76.8 Å². The van der Waals surface area contributed by atoms with E-state index in [1.807, 2.05) is 18.2 Å². The van der Waals surface area contributed by atoms with Crippen LogP contribution < -0.4 is 10.5 Å². The molecule has 170 valence electrons. The SMILES string of the molecule is Nc1nc(OCc2ccncc2)nc2c1cc(Br)n2Cc1ccc(CN2CCCCC2)cc1. The number of pyridine rings is 1. The quantitative estimate of drug-likeness (QED) is 0.388. The van der Waals surface area contributed by atoms with Gasteiger partial charge in [0.15, 0.2) is 5.65 Å². The summed E-state index contributed by atoms with van der Waals surface area (Å²) in [5.74, 6) is 0.404. The zero-order chi connectivity index (χ0) is 22.6. The molecule has 7 nitrogen and oxygen atoms in total. The second-order valence-corrected chi connectivity index (χ2v) is 9.29. The Bertz CT molecular complexity index is 1220. The van der Waals surface area contributed by atoms with Gasteiger partial charge in [-0.3, -0.25) is 9.88 Å². The fraction of sp³-hybridized carbons (Fsp3) is 0.320. The number of nitrogens with two attached hydrogens (primary N) is 1. The van der Waals surface area contributed by atoms with Crippen LogP contribution in [0.4, 0.5) is 5.82 Å². The standard InChI is InChI=1S/C25H27BrN6O/c26-22-14-21-23(27)29-25(33-17-20-8-10-28-11-9-20)30-24(21)32(22)16-19-6-4-18(5-7-19)15-31-12-2-1-3-13-31/h4-11,14H,1-3,12-13,15-17H2,(H2,27,29,30). The van der Waals surface area contributed by atoms with Crippen molar-refractivity contribution in [3.63, 3.8) is 0 Å². The van der Waals surface area contributed by atoms with Crippen LogP contribution in [-0.2, 0) is 19.7 Å². The highest BCUT2D eigenvalue weighted by Gasteiger charge is 2.15. The summed E-state index contributed by atoms with van der Waals surface area (Å²) < 4.78 is 8.81. The highest BCUT2D eigenvalue weighted by Crippen LogP contribution is 2.29. The molecule has 1 aromatic carbocycles. The molecular formula is C25H27BrN6O. The fourth-order valence-electron chi connectivity index (χ4n) is 4.25. The molecule has 0 unspecified atom stereocenters. The Morgan fingerprint density at radius 1 is 0.879 bits per heavy atom. The molecule has 4 aromatic rings. The Balaban J connectivity index is 1.34. The summed E-state index contributed by atoms with van der Waals surface area (Å²) in [4.78, 5) is 15.6. The number of fused-ring (bicyclic) bond motifs is 1. The van der Waals surface area contributed by atoms with Crippen LogP contribution in [-0.4, -0.2) is 37.5 Å². The first-order valence-electron chi connectivity index (χ1n) is 11.3. The second kappa shape index (κ2) is 9.89. The van der Waals surface area contributed by atoms with Crippen molar-refractivity contribution in [3.8, 4) is 6.01 Å². The number of rotatable bonds is 7. The van der Waals surface area contributed by atoms with Crippen molar-refractivity contribution in [2.75, 3.05) is 18.8 Å². The minimum absolute atomic E-state index is 0.264. The van der Waals surface area contributed by atoms with Crippen molar-refractivity contribution in [2.24, 2.45) is 0 Å². The summed E-state index contributed by atoms with van der Waals surface area (Å²) in [5.41, 5.74) is 10.5. The third-order valence-corrected chi connectivity index (χ3v) is 6.70. The van der Waals surface area contributed by atoms with Crippen LogP contribution in [0.3, 0.4) is 0 Å². The Hall–Kier alpha value is -2.97. The van der Waals surface area contributed by atoms with Gasteiger partial charge in [0.2, 0.25) is 0 Å². The van der Waals surface area contributed by atoms with Gasteiger partial charge in [0.1, 0.15) is 12.4 Å². The van der Waals surface area contributed by atoms with Crippen LogP contribution >= 0.6 is 15.9 Å². The number of nitrogen functional groups attached to an aromatic ring is 1. The maximum Gasteiger partial charge on any atom is 0.320 e. The Labute approximate surface area is 201 Å². The van der Waals surface area contributed by atoms with E-state index in [0.29, 0.717) is 19.0 Å². The third kappa shape index (κ3) is 5.17. The molecule has 5 rings (SSSR count). The minimum atomic E-state index is 0.264. The molecule has 8 heteroatoms. The Morgan fingerprint density at radius 2 is 1.58 bits per heavy atom. The first kappa shape index (κ1) is 21.9. The molecule has 2 N–H and O–H groups in total. The molecule has 0 bridgehead atoms. The van der Waals surface area contributed by atoms with Gasteiger partial charge >= 0.3 is 6.01 Å². The van der Waals surface area contributed by atoms with Crippen LogP contribution in [0.1, 0.15) is 36.0 Å². The van der Waals surface area contributed by atoms with Crippen LogP contribution in [0, 0.1) is 0 Å². The lowest BCUT2D eigenvalue weighted by Crippen LogP contribution is -2.29. The van der Waals surface area contributed by atoms with Crippen molar-refractivity contribution in [3.05, 3.63) is 76.2 Å². The predicted octanol–water partition coefficient (Wildman–Crippen LogP) is 4.78. The fourth-order valence-corrected chi connectivity index (χ4v) is 4.77. The summed E-state index contributed by atoms with van der Waals surface area (Å²) >= 11 is 3.67. The van der Waals surface area contributed by atoms with Crippen molar-refractivity contribution in [1.82, 2.24) is 24.4 Å². The normalized spacial score (nSPS) is 14.6. The van der Waals surface area contributed by atoms with E-state index in [-0.39, 0.29) is 6.01 Å². The largest absolute Gasteiger partial charge is 0.458 e. The van der Waals surface area contributed by atoms with E-state index in [2.05, 4.69) is 64.6 Å². The maximum atomic E-state index is 6.23. The molecule has 1 saturated heterocycles. The third-order valence-electron chi connectivity index (χ3n) is 6.05. The van der Waals surface area contributed by atoms with Gasteiger partial charge in [-0.1, -0.05) is 30.7 Å². The minimum Gasteiger partial charge on any atom is -0.458 e. The van der Waals surface area contributed by atoms with E-state index in [9.17, 15) is 0 Å². The summed E-state index contributed by atoms with van der Waals surface area (Å²) in [6.45, 7) is 4.47. The van der Waals surface area contributed by atoms with E-state index in [4.69, 9.17) is 10.5 Å². The first-order chi connectivity index (χ1) is 16.2. The van der Waals surface area contributed by atoms with Crippen molar-refractivity contribution in [2.45, 2.75) is 39.0 Å². The zero-order valence-corrected chi connectivity index (χ0v) is 20.0. The predicted molar refractivity (Wildman–Crippen MR) is 133 cm³/mol. The van der Waals surface area contributed by atoms with E-state index in [1.54, 1.807) is 12.4 Å². The van der Waals surface area contributed by atoms with Crippen LogP contribution in [0.25, 0.3) is 11.0 Å². The lowest BCUT2D eigenvalue weighted by atomic mass is 10.1. The van der Waals surface area contributed by atoms with Gasteiger partial charge in [0.05, 0.1) is 16.5 Å². The van der Waals surface area contributed by atoms with E-state index in [1.165, 1.54) is 43.5 Å². The average molecular weight is 507 g/mol. The van der Waals surface area contributed by atoms with Gasteiger partial charge < -0.3 is 15.0 Å². The number of nitrogens with zero attached hydrogens (tertiary/aromatic N) is 5. The maximum absolute atomic E-state index is 6.23. The lowest BCUT2D eigenvalue weighted by molar-refractivity contribution is 0.221. The number of ether oxygens (including phenoxy) is 1. The number of halogens is 1. The van der Waals surface area contributed by atoms with E-state index < -0.39 is 0 Å². The molecule has 1 aliphatic heterocycles. The molecule has 1 aliphatic rings. The Morgan fingerprint density at radius 3 is 2.30 bits per heavy atom. The van der Waals surface area contributed by atoms with Crippen LogP contribution in [0.5, 0.6) is 6.01 Å². The van der Waals surface area contributed by atoms with Crippen molar-refractivity contribution < 1.29 is 4.74 Å². The number of benzene rings is 1. The highest BCUT2D eigenvalue weighted by molar-refractivity contribution is 9.10. The summed E-state index contributed by atoms with van der Waals surface area (Å²) in [6.07, 6.45) is 7.45. The molecule has 0 saturated carbocycles. The molecule has 4 heterocycles. The second-order valence-electron chi connectivity index (χ2n) is 8.48. The monoisotopic (exact) mass is 506 g/mol. The topological polar surface area (TPSA) is 82.1 Å². The summed E-state index contributed by atoms with van der Waals surface area (Å²) in [7, 11) is 0. The molecule has 0 aliphatic carbocycles. The molecule has 0 spiro atoms. The van der Waals surface area contributed by atoms with Gasteiger partial charge in [-0.25, -0.2) is 0 Å². The molecular weight excluding hydrogens is 480 g/mol. The van der Waals surface area contributed by atoms with Crippen molar-refractivity contribution in [1.29, 1.82) is 0 Å². The number of piperidine rings is 1. The van der Waals surface area contributed by atoms with E-state index in [0.717, 1.165) is 27.7 Å².